The van der Waals surface area contributed by atoms with E-state index in [0.717, 1.165) is 25.8 Å². The normalized spacial score (nSPS) is 21.8. The average Bonchev–Trinajstić information content (AvgIpc) is 2.36. The van der Waals surface area contributed by atoms with Gasteiger partial charge in [-0.1, -0.05) is 20.3 Å². The third-order valence-corrected chi connectivity index (χ3v) is 4.47. The molecule has 1 atom stereocenters. The smallest absolute Gasteiger partial charge is 0.0593 e. The molecule has 1 aliphatic rings. The summed E-state index contributed by atoms with van der Waals surface area (Å²) >= 11 is 0. The van der Waals surface area contributed by atoms with Gasteiger partial charge < -0.3 is 14.5 Å². The van der Waals surface area contributed by atoms with E-state index in [2.05, 4.69) is 44.7 Å². The summed E-state index contributed by atoms with van der Waals surface area (Å²) in [6.07, 6.45) is 5.19. The predicted octanol–water partition coefficient (Wildman–Crippen LogP) is 2.86. The van der Waals surface area contributed by atoms with Crippen LogP contribution in [-0.2, 0) is 4.74 Å². The zero-order valence-electron chi connectivity index (χ0n) is 13.7. The van der Waals surface area contributed by atoms with Gasteiger partial charge in [-0.15, -0.1) is 0 Å². The summed E-state index contributed by atoms with van der Waals surface area (Å²) in [6.45, 7) is 12.3. The number of hydrogen-bond acceptors (Lipinski definition) is 3. The Morgan fingerprint density at radius 3 is 2.42 bits per heavy atom. The van der Waals surface area contributed by atoms with E-state index in [1.165, 1.54) is 38.8 Å². The molecule has 0 aromatic rings. The summed E-state index contributed by atoms with van der Waals surface area (Å²) in [7, 11) is 4.19. The van der Waals surface area contributed by atoms with Gasteiger partial charge >= 0.3 is 0 Å². The van der Waals surface area contributed by atoms with Crippen molar-refractivity contribution in [3.05, 3.63) is 0 Å². The summed E-state index contributed by atoms with van der Waals surface area (Å²) in [5.74, 6) is 0. The molecule has 0 saturated carbocycles. The van der Waals surface area contributed by atoms with Crippen molar-refractivity contribution in [2.45, 2.75) is 52.5 Å². The molecule has 0 aromatic heterocycles. The summed E-state index contributed by atoms with van der Waals surface area (Å²) in [6, 6.07) is 0.754. The van der Waals surface area contributed by atoms with Gasteiger partial charge in [0.15, 0.2) is 0 Å². The largest absolute Gasteiger partial charge is 0.380 e. The lowest BCUT2D eigenvalue weighted by Crippen LogP contribution is -2.44. The first kappa shape index (κ1) is 16.9. The van der Waals surface area contributed by atoms with Gasteiger partial charge in [-0.05, 0) is 58.8 Å². The fourth-order valence-electron chi connectivity index (χ4n) is 2.82. The third kappa shape index (κ3) is 6.24. The Balaban J connectivity index is 2.23. The summed E-state index contributed by atoms with van der Waals surface area (Å²) < 4.78 is 5.87. The van der Waals surface area contributed by atoms with Crippen LogP contribution in [0.25, 0.3) is 0 Å². The van der Waals surface area contributed by atoms with Gasteiger partial charge in [-0.2, -0.15) is 0 Å². The second kappa shape index (κ2) is 8.23. The van der Waals surface area contributed by atoms with Crippen LogP contribution in [0.15, 0.2) is 0 Å². The first-order valence-electron chi connectivity index (χ1n) is 7.93. The van der Waals surface area contributed by atoms with Crippen molar-refractivity contribution in [3.8, 4) is 0 Å². The summed E-state index contributed by atoms with van der Waals surface area (Å²) in [4.78, 5) is 4.84. The van der Waals surface area contributed by atoms with Crippen LogP contribution in [-0.4, -0.2) is 62.8 Å². The maximum atomic E-state index is 5.87. The monoisotopic (exact) mass is 270 g/mol. The van der Waals surface area contributed by atoms with Crippen LogP contribution in [0, 0.1) is 5.41 Å². The zero-order valence-corrected chi connectivity index (χ0v) is 13.7. The first-order valence-corrected chi connectivity index (χ1v) is 7.93. The average molecular weight is 270 g/mol. The fraction of sp³-hybridized carbons (Fsp3) is 1.00. The van der Waals surface area contributed by atoms with Crippen LogP contribution in [0.1, 0.15) is 46.5 Å². The molecule has 1 fully saturated rings. The van der Waals surface area contributed by atoms with Crippen molar-refractivity contribution >= 4 is 0 Å². The topological polar surface area (TPSA) is 15.7 Å². The molecule has 19 heavy (non-hydrogen) atoms. The number of piperidine rings is 1. The molecular formula is C16H34N2O. The van der Waals surface area contributed by atoms with E-state index >= 15 is 0 Å². The van der Waals surface area contributed by atoms with Crippen LogP contribution in [0.3, 0.4) is 0 Å². The molecule has 0 amide bonds. The second-order valence-electron chi connectivity index (χ2n) is 6.84. The number of likely N-dealkylation sites (N-methyl/N-ethyl adjacent to an activating group) is 1. The Bertz CT molecular complexity index is 235. The molecule has 0 aliphatic carbocycles. The molecule has 3 heteroatoms. The lowest BCUT2D eigenvalue weighted by molar-refractivity contribution is -0.000818. The maximum Gasteiger partial charge on any atom is 0.0593 e. The van der Waals surface area contributed by atoms with Crippen LogP contribution < -0.4 is 0 Å². The van der Waals surface area contributed by atoms with Crippen molar-refractivity contribution in [2.75, 3.05) is 46.9 Å². The first-order chi connectivity index (χ1) is 8.97. The highest BCUT2D eigenvalue weighted by atomic mass is 16.5. The Morgan fingerprint density at radius 1 is 1.26 bits per heavy atom. The highest BCUT2D eigenvalue weighted by Crippen LogP contribution is 2.32. The van der Waals surface area contributed by atoms with Crippen molar-refractivity contribution in [3.63, 3.8) is 0 Å². The van der Waals surface area contributed by atoms with Crippen molar-refractivity contribution in [1.29, 1.82) is 0 Å². The molecule has 0 N–H and O–H groups in total. The van der Waals surface area contributed by atoms with E-state index in [1.807, 2.05) is 0 Å². The summed E-state index contributed by atoms with van der Waals surface area (Å²) in [5, 5.41) is 0. The van der Waals surface area contributed by atoms with Gasteiger partial charge in [0.1, 0.15) is 0 Å². The van der Waals surface area contributed by atoms with Crippen molar-refractivity contribution < 1.29 is 4.74 Å². The Labute approximate surface area is 120 Å². The van der Waals surface area contributed by atoms with Gasteiger partial charge in [0.05, 0.1) is 13.2 Å². The predicted molar refractivity (Wildman–Crippen MR) is 82.7 cm³/mol. The molecular weight excluding hydrogens is 236 g/mol. The lowest BCUT2D eigenvalue weighted by Gasteiger charge is -2.41. The third-order valence-electron chi connectivity index (χ3n) is 4.47. The van der Waals surface area contributed by atoms with E-state index in [0.29, 0.717) is 5.41 Å². The van der Waals surface area contributed by atoms with Gasteiger partial charge in [0.25, 0.3) is 0 Å². The molecule has 1 saturated heterocycles. The number of nitrogens with zero attached hydrogens (tertiary/aromatic N) is 2. The molecule has 114 valence electrons. The van der Waals surface area contributed by atoms with E-state index in [9.17, 15) is 0 Å². The maximum absolute atomic E-state index is 5.87. The van der Waals surface area contributed by atoms with Crippen LogP contribution >= 0.6 is 0 Å². The summed E-state index contributed by atoms with van der Waals surface area (Å²) in [5.41, 5.74) is 0.398. The van der Waals surface area contributed by atoms with Crippen LogP contribution in [0.4, 0.5) is 0 Å². The molecule has 1 unspecified atom stereocenters. The molecule has 0 radical (unpaired) electrons. The van der Waals surface area contributed by atoms with Gasteiger partial charge in [-0.25, -0.2) is 0 Å². The van der Waals surface area contributed by atoms with Gasteiger partial charge in [-0.3, -0.25) is 0 Å². The highest BCUT2D eigenvalue weighted by molar-refractivity contribution is 4.84. The van der Waals surface area contributed by atoms with E-state index < -0.39 is 0 Å². The van der Waals surface area contributed by atoms with Crippen molar-refractivity contribution in [2.24, 2.45) is 5.41 Å². The number of hydrogen-bond donors (Lipinski definition) is 0. The number of ether oxygens (including phenoxy) is 1. The molecule has 1 aliphatic heterocycles. The quantitative estimate of drug-likeness (QED) is 0.631. The van der Waals surface area contributed by atoms with Crippen LogP contribution in [0.2, 0.25) is 0 Å². The Kier molecular flexibility index (Phi) is 7.33. The Hall–Kier alpha value is -0.120. The second-order valence-corrected chi connectivity index (χ2v) is 6.84. The lowest BCUT2D eigenvalue weighted by atomic mass is 9.80. The molecule has 0 bridgehead atoms. The molecule has 0 spiro atoms. The van der Waals surface area contributed by atoms with E-state index in [4.69, 9.17) is 4.74 Å². The number of rotatable bonds is 8. The molecule has 1 heterocycles. The zero-order chi connectivity index (χ0) is 14.3. The van der Waals surface area contributed by atoms with Crippen LogP contribution in [0.5, 0.6) is 0 Å². The molecule has 1 rings (SSSR count). The molecule has 3 nitrogen and oxygen atoms in total. The van der Waals surface area contributed by atoms with E-state index in [1.54, 1.807) is 0 Å². The minimum Gasteiger partial charge on any atom is -0.380 e. The number of likely N-dealkylation sites (tertiary alicyclic amines) is 1. The SMILES string of the molecule is CCCC(C)N1CCC(C)(COCCN(C)C)CC1. The van der Waals surface area contributed by atoms with Crippen molar-refractivity contribution in [1.82, 2.24) is 9.80 Å². The fourth-order valence-corrected chi connectivity index (χ4v) is 2.82. The standard InChI is InChI=1S/C16H34N2O/c1-6-7-15(2)18-10-8-16(3,9-11-18)14-19-13-12-17(4)5/h15H,6-14H2,1-5H3. The minimum absolute atomic E-state index is 0.398. The molecule has 0 aromatic carbocycles. The van der Waals surface area contributed by atoms with E-state index in [-0.39, 0.29) is 0 Å². The highest BCUT2D eigenvalue weighted by Gasteiger charge is 2.31. The van der Waals surface area contributed by atoms with Gasteiger partial charge in [0, 0.05) is 12.6 Å². The minimum atomic E-state index is 0.398. The Morgan fingerprint density at radius 2 is 1.89 bits per heavy atom. The van der Waals surface area contributed by atoms with Gasteiger partial charge in [0.2, 0.25) is 0 Å².